The Balaban J connectivity index is 2.63. The molecule has 0 radical (unpaired) electrons. The summed E-state index contributed by atoms with van der Waals surface area (Å²) in [7, 11) is 0. The van der Waals surface area contributed by atoms with Crippen LogP contribution in [0.2, 0.25) is 0 Å². The van der Waals surface area contributed by atoms with Gasteiger partial charge in [0.25, 0.3) is 0 Å². The first-order valence-electron chi connectivity index (χ1n) is 4.46. The number of carboxylic acid groups (broad SMARTS) is 1. The fourth-order valence-electron chi connectivity index (χ4n) is 1.93. The molecule has 0 aliphatic heterocycles. The number of rotatable bonds is 1. The third kappa shape index (κ3) is 1.38. The van der Waals surface area contributed by atoms with E-state index in [9.17, 15) is 9.18 Å². The SMILES string of the molecule is N[C@]1(C(=O)O)CCc2c1ccc(F)c2Br. The van der Waals surface area contributed by atoms with E-state index in [1.807, 2.05) is 0 Å². The summed E-state index contributed by atoms with van der Waals surface area (Å²) in [6.07, 6.45) is 0.788. The van der Waals surface area contributed by atoms with E-state index in [-0.39, 0.29) is 5.82 Å². The summed E-state index contributed by atoms with van der Waals surface area (Å²) in [5.74, 6) is -1.46. The van der Waals surface area contributed by atoms with Gasteiger partial charge in [0.2, 0.25) is 0 Å². The quantitative estimate of drug-likeness (QED) is 0.820. The highest BCUT2D eigenvalue weighted by Crippen LogP contribution is 2.39. The zero-order valence-corrected chi connectivity index (χ0v) is 9.34. The molecule has 3 N–H and O–H groups in total. The van der Waals surface area contributed by atoms with Gasteiger partial charge in [0, 0.05) is 0 Å². The molecule has 0 heterocycles. The second-order valence-electron chi connectivity index (χ2n) is 3.66. The van der Waals surface area contributed by atoms with Crippen molar-refractivity contribution in [3.8, 4) is 0 Å². The zero-order valence-electron chi connectivity index (χ0n) is 7.76. The van der Waals surface area contributed by atoms with Crippen molar-refractivity contribution in [2.24, 2.45) is 5.73 Å². The van der Waals surface area contributed by atoms with E-state index >= 15 is 0 Å². The molecule has 1 atom stereocenters. The predicted octanol–water partition coefficient (Wildman–Crippen LogP) is 1.77. The van der Waals surface area contributed by atoms with Gasteiger partial charge in [-0.1, -0.05) is 6.07 Å². The van der Waals surface area contributed by atoms with Crippen LogP contribution in [0.4, 0.5) is 4.39 Å². The molecule has 15 heavy (non-hydrogen) atoms. The maximum Gasteiger partial charge on any atom is 0.328 e. The first-order valence-corrected chi connectivity index (χ1v) is 5.26. The molecule has 1 aromatic carbocycles. The molecule has 1 aliphatic carbocycles. The predicted molar refractivity (Wildman–Crippen MR) is 55.9 cm³/mol. The molecule has 0 saturated heterocycles. The number of nitrogens with two attached hydrogens (primary N) is 1. The second-order valence-corrected chi connectivity index (χ2v) is 4.46. The molecule has 0 unspecified atom stereocenters. The molecule has 0 amide bonds. The van der Waals surface area contributed by atoms with Crippen molar-refractivity contribution in [3.05, 3.63) is 33.5 Å². The summed E-state index contributed by atoms with van der Waals surface area (Å²) in [4.78, 5) is 11.0. The Labute approximate surface area is 94.2 Å². The van der Waals surface area contributed by atoms with Crippen molar-refractivity contribution in [3.63, 3.8) is 0 Å². The van der Waals surface area contributed by atoms with Gasteiger partial charge >= 0.3 is 5.97 Å². The average Bonchev–Trinajstić information content (AvgIpc) is 2.52. The fourth-order valence-corrected chi connectivity index (χ4v) is 2.48. The maximum absolute atomic E-state index is 13.2. The maximum atomic E-state index is 13.2. The molecule has 5 heteroatoms. The zero-order chi connectivity index (χ0) is 11.2. The minimum absolute atomic E-state index is 0.305. The lowest BCUT2D eigenvalue weighted by Crippen LogP contribution is -2.42. The Morgan fingerprint density at radius 3 is 2.87 bits per heavy atom. The molecule has 0 fully saturated rings. The fraction of sp³-hybridized carbons (Fsp3) is 0.300. The van der Waals surface area contributed by atoms with Gasteiger partial charge in [-0.15, -0.1) is 0 Å². The van der Waals surface area contributed by atoms with Crippen LogP contribution in [-0.4, -0.2) is 11.1 Å². The van der Waals surface area contributed by atoms with E-state index in [1.54, 1.807) is 0 Å². The van der Waals surface area contributed by atoms with Gasteiger partial charge < -0.3 is 10.8 Å². The third-order valence-electron chi connectivity index (χ3n) is 2.83. The molecule has 1 aromatic rings. The number of hydrogen-bond acceptors (Lipinski definition) is 2. The Kier molecular flexibility index (Phi) is 2.31. The molecular weight excluding hydrogens is 265 g/mol. The van der Waals surface area contributed by atoms with Crippen molar-refractivity contribution >= 4 is 21.9 Å². The lowest BCUT2D eigenvalue weighted by atomic mass is 9.93. The van der Waals surface area contributed by atoms with Gasteiger partial charge in [-0.25, -0.2) is 9.18 Å². The third-order valence-corrected chi connectivity index (χ3v) is 3.69. The van der Waals surface area contributed by atoms with Gasteiger partial charge in [-0.05, 0) is 46.0 Å². The highest BCUT2D eigenvalue weighted by atomic mass is 79.9. The summed E-state index contributed by atoms with van der Waals surface area (Å²) in [6, 6.07) is 2.69. The molecule has 2 rings (SSSR count). The summed E-state index contributed by atoms with van der Waals surface area (Å²) in [5.41, 5.74) is 5.59. The molecule has 0 aromatic heterocycles. The van der Waals surface area contributed by atoms with E-state index in [4.69, 9.17) is 10.8 Å². The van der Waals surface area contributed by atoms with E-state index < -0.39 is 11.5 Å². The monoisotopic (exact) mass is 273 g/mol. The van der Waals surface area contributed by atoms with Gasteiger partial charge in [-0.2, -0.15) is 0 Å². The Bertz CT molecular complexity index is 449. The number of carboxylic acids is 1. The van der Waals surface area contributed by atoms with Crippen molar-refractivity contribution < 1.29 is 14.3 Å². The van der Waals surface area contributed by atoms with Crippen molar-refractivity contribution in [2.75, 3.05) is 0 Å². The minimum atomic E-state index is -1.37. The number of fused-ring (bicyclic) bond motifs is 1. The minimum Gasteiger partial charge on any atom is -0.480 e. The van der Waals surface area contributed by atoms with Crippen molar-refractivity contribution in [1.82, 2.24) is 0 Å². The first-order chi connectivity index (χ1) is 6.97. The van der Waals surface area contributed by atoms with Gasteiger partial charge in [-0.3, -0.25) is 0 Å². The number of aliphatic carboxylic acids is 1. The van der Waals surface area contributed by atoms with E-state index in [2.05, 4.69) is 15.9 Å². The van der Waals surface area contributed by atoms with Crippen molar-refractivity contribution in [2.45, 2.75) is 18.4 Å². The average molecular weight is 274 g/mol. The summed E-state index contributed by atoms with van der Waals surface area (Å²) in [5, 5.41) is 9.05. The van der Waals surface area contributed by atoms with Crippen LogP contribution in [0.1, 0.15) is 17.5 Å². The van der Waals surface area contributed by atoms with Crippen LogP contribution in [0, 0.1) is 5.82 Å². The standard InChI is InChI=1S/C10H9BrFNO2/c11-8-5-3-4-10(13,9(14)15)6(5)1-2-7(8)12/h1-2H,3-4,13H2,(H,14,15)/t10-/m1/s1. The van der Waals surface area contributed by atoms with E-state index in [0.717, 1.165) is 0 Å². The second kappa shape index (κ2) is 3.28. The molecule has 80 valence electrons. The molecular formula is C10H9BrFNO2. The lowest BCUT2D eigenvalue weighted by molar-refractivity contribution is -0.143. The number of carbonyl (C=O) groups is 1. The summed E-state index contributed by atoms with van der Waals surface area (Å²) < 4.78 is 13.5. The van der Waals surface area contributed by atoms with Gasteiger partial charge in [0.1, 0.15) is 11.4 Å². The Morgan fingerprint density at radius 2 is 2.27 bits per heavy atom. The number of hydrogen-bond donors (Lipinski definition) is 2. The van der Waals surface area contributed by atoms with Crippen LogP contribution < -0.4 is 5.73 Å². The Morgan fingerprint density at radius 1 is 1.60 bits per heavy atom. The summed E-state index contributed by atoms with van der Waals surface area (Å²) in [6.45, 7) is 0. The van der Waals surface area contributed by atoms with Gasteiger partial charge in [0.15, 0.2) is 0 Å². The van der Waals surface area contributed by atoms with Crippen LogP contribution >= 0.6 is 15.9 Å². The van der Waals surface area contributed by atoms with Crippen LogP contribution in [0.5, 0.6) is 0 Å². The normalized spacial score (nSPS) is 23.9. The first kappa shape index (κ1) is 10.6. The molecule has 0 bridgehead atoms. The summed E-state index contributed by atoms with van der Waals surface area (Å²) >= 11 is 3.11. The van der Waals surface area contributed by atoms with Crippen LogP contribution in [0.3, 0.4) is 0 Å². The Hall–Kier alpha value is -0.940. The number of benzene rings is 1. The topological polar surface area (TPSA) is 63.3 Å². The smallest absolute Gasteiger partial charge is 0.328 e. The van der Waals surface area contributed by atoms with Crippen LogP contribution in [-0.2, 0) is 16.8 Å². The highest BCUT2D eigenvalue weighted by Gasteiger charge is 2.43. The molecule has 0 saturated carbocycles. The lowest BCUT2D eigenvalue weighted by Gasteiger charge is -2.19. The van der Waals surface area contributed by atoms with Crippen molar-refractivity contribution in [1.29, 1.82) is 0 Å². The van der Waals surface area contributed by atoms with E-state index in [0.29, 0.717) is 28.4 Å². The molecule has 3 nitrogen and oxygen atoms in total. The molecule has 1 aliphatic rings. The highest BCUT2D eigenvalue weighted by molar-refractivity contribution is 9.10. The van der Waals surface area contributed by atoms with Gasteiger partial charge in [0.05, 0.1) is 4.47 Å². The largest absolute Gasteiger partial charge is 0.480 e. The van der Waals surface area contributed by atoms with Crippen LogP contribution in [0.25, 0.3) is 0 Å². The number of halogens is 2. The molecule has 0 spiro atoms. The van der Waals surface area contributed by atoms with E-state index in [1.165, 1.54) is 12.1 Å². The van der Waals surface area contributed by atoms with Crippen LogP contribution in [0.15, 0.2) is 16.6 Å².